The van der Waals surface area contributed by atoms with Gasteiger partial charge in [-0.1, -0.05) is 0 Å². The fourth-order valence-corrected chi connectivity index (χ4v) is 2.06. The maximum absolute atomic E-state index is 13.9. The molecule has 0 saturated heterocycles. The number of ether oxygens (including phenoxy) is 2. The molecule has 1 atom stereocenters. The number of hydrogen-bond acceptors (Lipinski definition) is 5. The van der Waals surface area contributed by atoms with Gasteiger partial charge in [0.15, 0.2) is 0 Å². The van der Waals surface area contributed by atoms with Crippen LogP contribution in [0.3, 0.4) is 0 Å². The molecule has 128 valence electrons. The van der Waals surface area contributed by atoms with E-state index in [0.29, 0.717) is 0 Å². The lowest BCUT2D eigenvalue weighted by molar-refractivity contribution is -0.143. The molecule has 1 aromatic rings. The number of aromatic hydroxyl groups is 1. The SMILES string of the molecule is COC(=O)[C@H](Cc1cc(O)c(Br)cc1F)NC(=O)OC(C)(C)C. The molecule has 2 N–H and O–H groups in total. The Balaban J connectivity index is 2.94. The first-order valence-corrected chi connectivity index (χ1v) is 7.57. The highest BCUT2D eigenvalue weighted by molar-refractivity contribution is 9.10. The average Bonchev–Trinajstić information content (AvgIpc) is 2.40. The Bertz CT molecular complexity index is 600. The number of rotatable bonds is 4. The van der Waals surface area contributed by atoms with Crippen LogP contribution in [0.2, 0.25) is 0 Å². The summed E-state index contributed by atoms with van der Waals surface area (Å²) < 4.78 is 23.8. The molecule has 0 bridgehead atoms. The normalized spacial score (nSPS) is 12.4. The minimum atomic E-state index is -1.15. The quantitative estimate of drug-likeness (QED) is 0.770. The third kappa shape index (κ3) is 6.05. The summed E-state index contributed by atoms with van der Waals surface area (Å²) in [6.07, 6.45) is -1.02. The molecule has 6 nitrogen and oxygen atoms in total. The van der Waals surface area contributed by atoms with Crippen LogP contribution in [0.1, 0.15) is 26.3 Å². The standard InChI is InChI=1S/C15H19BrFNO5/c1-15(2,3)23-14(21)18-11(13(20)22-4)5-8-6-12(19)9(16)7-10(8)17/h6-7,11,19H,5H2,1-4H3,(H,18,21)/t11-/m0/s1. The number of hydrogen-bond donors (Lipinski definition) is 2. The summed E-state index contributed by atoms with van der Waals surface area (Å²) in [6, 6.07) is 1.10. The Morgan fingerprint density at radius 1 is 1.39 bits per heavy atom. The van der Waals surface area contributed by atoms with Crippen molar-refractivity contribution in [2.45, 2.75) is 38.8 Å². The number of nitrogens with one attached hydrogen (secondary N) is 1. The van der Waals surface area contributed by atoms with Crippen molar-refractivity contribution in [3.05, 3.63) is 28.0 Å². The molecule has 1 aromatic carbocycles. The van der Waals surface area contributed by atoms with Crippen molar-refractivity contribution in [2.75, 3.05) is 7.11 Å². The molecule has 0 aliphatic carbocycles. The molecule has 1 amide bonds. The van der Waals surface area contributed by atoms with Crippen molar-refractivity contribution < 1.29 is 28.6 Å². The third-order valence-electron chi connectivity index (χ3n) is 2.72. The summed E-state index contributed by atoms with van der Waals surface area (Å²) in [5.74, 6) is -1.56. The van der Waals surface area contributed by atoms with Crippen LogP contribution in [-0.2, 0) is 20.7 Å². The number of phenols is 1. The average molecular weight is 392 g/mol. The van der Waals surface area contributed by atoms with Gasteiger partial charge < -0.3 is 19.9 Å². The summed E-state index contributed by atoms with van der Waals surface area (Å²) in [6.45, 7) is 5.02. The van der Waals surface area contributed by atoms with E-state index in [1.165, 1.54) is 6.07 Å². The molecule has 0 radical (unpaired) electrons. The molecule has 0 aliphatic heterocycles. The van der Waals surface area contributed by atoms with Crippen LogP contribution in [0, 0.1) is 5.82 Å². The Kier molecular flexibility index (Phi) is 6.37. The van der Waals surface area contributed by atoms with E-state index in [4.69, 9.17) is 4.74 Å². The Morgan fingerprint density at radius 3 is 2.52 bits per heavy atom. The van der Waals surface area contributed by atoms with Gasteiger partial charge in [-0.3, -0.25) is 0 Å². The number of alkyl carbamates (subject to hydrolysis) is 1. The van der Waals surface area contributed by atoms with Gasteiger partial charge in [0, 0.05) is 6.42 Å². The highest BCUT2D eigenvalue weighted by Gasteiger charge is 2.26. The molecule has 23 heavy (non-hydrogen) atoms. The monoisotopic (exact) mass is 391 g/mol. The van der Waals surface area contributed by atoms with Gasteiger partial charge in [-0.25, -0.2) is 14.0 Å². The maximum atomic E-state index is 13.9. The Labute approximate surface area is 142 Å². The van der Waals surface area contributed by atoms with E-state index in [9.17, 15) is 19.1 Å². The number of carbonyl (C=O) groups is 2. The first kappa shape index (κ1) is 19.2. The van der Waals surface area contributed by atoms with Crippen molar-refractivity contribution in [3.63, 3.8) is 0 Å². The Morgan fingerprint density at radius 2 is 2.00 bits per heavy atom. The van der Waals surface area contributed by atoms with Crippen LogP contribution in [0.4, 0.5) is 9.18 Å². The van der Waals surface area contributed by atoms with Gasteiger partial charge in [0.25, 0.3) is 0 Å². The molecule has 0 aliphatic rings. The van der Waals surface area contributed by atoms with Gasteiger partial charge in [0.2, 0.25) is 0 Å². The molecule has 0 unspecified atom stereocenters. The van der Waals surface area contributed by atoms with Gasteiger partial charge in [0.05, 0.1) is 11.6 Å². The van der Waals surface area contributed by atoms with Crippen molar-refractivity contribution in [2.24, 2.45) is 0 Å². The number of benzene rings is 1. The zero-order valence-corrected chi connectivity index (χ0v) is 14.9. The lowest BCUT2D eigenvalue weighted by atomic mass is 10.1. The van der Waals surface area contributed by atoms with Gasteiger partial charge in [-0.05, 0) is 54.4 Å². The van der Waals surface area contributed by atoms with Crippen LogP contribution < -0.4 is 5.32 Å². The molecule has 0 aromatic heterocycles. The van der Waals surface area contributed by atoms with E-state index in [0.717, 1.165) is 13.2 Å². The van der Waals surface area contributed by atoms with Crippen LogP contribution in [-0.4, -0.2) is 35.9 Å². The number of methoxy groups -OCH3 is 1. The van der Waals surface area contributed by atoms with Gasteiger partial charge in [-0.15, -0.1) is 0 Å². The van der Waals surface area contributed by atoms with Crippen LogP contribution in [0.15, 0.2) is 16.6 Å². The number of phenolic OH excluding ortho intramolecular Hbond substituents is 1. The summed E-state index contributed by atoms with van der Waals surface area (Å²) in [4.78, 5) is 23.6. The predicted molar refractivity (Wildman–Crippen MR) is 84.6 cm³/mol. The lowest BCUT2D eigenvalue weighted by Gasteiger charge is -2.22. The molecule has 8 heteroatoms. The Hall–Kier alpha value is -1.83. The van der Waals surface area contributed by atoms with Gasteiger partial charge >= 0.3 is 12.1 Å². The second-order valence-electron chi connectivity index (χ2n) is 5.82. The second kappa shape index (κ2) is 7.63. The van der Waals surface area contributed by atoms with Crippen molar-refractivity contribution in [3.8, 4) is 5.75 Å². The zero-order chi connectivity index (χ0) is 17.8. The third-order valence-corrected chi connectivity index (χ3v) is 3.35. The molecule has 0 spiro atoms. The largest absolute Gasteiger partial charge is 0.507 e. The first-order chi connectivity index (χ1) is 10.5. The molecular formula is C15H19BrFNO5. The number of amides is 1. The first-order valence-electron chi connectivity index (χ1n) is 6.77. The van der Waals surface area contributed by atoms with E-state index in [-0.39, 0.29) is 22.2 Å². The fraction of sp³-hybridized carbons (Fsp3) is 0.467. The van der Waals surface area contributed by atoms with E-state index in [1.54, 1.807) is 20.8 Å². The smallest absolute Gasteiger partial charge is 0.408 e. The zero-order valence-electron chi connectivity index (χ0n) is 13.3. The van der Waals surface area contributed by atoms with E-state index in [2.05, 4.69) is 26.0 Å². The van der Waals surface area contributed by atoms with E-state index < -0.39 is 29.5 Å². The number of carbonyl (C=O) groups excluding carboxylic acids is 2. The van der Waals surface area contributed by atoms with Gasteiger partial charge in [0.1, 0.15) is 23.2 Å². The highest BCUT2D eigenvalue weighted by atomic mass is 79.9. The summed E-state index contributed by atoms with van der Waals surface area (Å²) in [7, 11) is 1.15. The molecule has 0 fully saturated rings. The second-order valence-corrected chi connectivity index (χ2v) is 6.68. The minimum Gasteiger partial charge on any atom is -0.507 e. The van der Waals surface area contributed by atoms with E-state index >= 15 is 0 Å². The van der Waals surface area contributed by atoms with Crippen LogP contribution in [0.5, 0.6) is 5.75 Å². The van der Waals surface area contributed by atoms with E-state index in [1.807, 2.05) is 0 Å². The van der Waals surface area contributed by atoms with Crippen LogP contribution in [0.25, 0.3) is 0 Å². The number of esters is 1. The minimum absolute atomic E-state index is 0.0529. The summed E-state index contributed by atoms with van der Waals surface area (Å²) >= 11 is 2.99. The topological polar surface area (TPSA) is 84.9 Å². The number of halogens is 2. The molecule has 0 heterocycles. The van der Waals surface area contributed by atoms with Gasteiger partial charge in [-0.2, -0.15) is 0 Å². The molecule has 1 rings (SSSR count). The summed E-state index contributed by atoms with van der Waals surface area (Å²) in [5, 5.41) is 12.0. The lowest BCUT2D eigenvalue weighted by Crippen LogP contribution is -2.45. The molecular weight excluding hydrogens is 373 g/mol. The van der Waals surface area contributed by atoms with Crippen molar-refractivity contribution in [1.82, 2.24) is 5.32 Å². The fourth-order valence-electron chi connectivity index (χ4n) is 1.74. The van der Waals surface area contributed by atoms with Crippen LogP contribution >= 0.6 is 15.9 Å². The van der Waals surface area contributed by atoms with Crippen molar-refractivity contribution >= 4 is 28.0 Å². The highest BCUT2D eigenvalue weighted by Crippen LogP contribution is 2.27. The molecule has 0 saturated carbocycles. The summed E-state index contributed by atoms with van der Waals surface area (Å²) in [5.41, 5.74) is -0.691. The van der Waals surface area contributed by atoms with Crippen molar-refractivity contribution in [1.29, 1.82) is 0 Å². The predicted octanol–water partition coefficient (Wildman–Crippen LogP) is 2.90. The maximum Gasteiger partial charge on any atom is 0.408 e.